The van der Waals surface area contributed by atoms with Gasteiger partial charge in [0.1, 0.15) is 5.75 Å². The van der Waals surface area contributed by atoms with Gasteiger partial charge < -0.3 is 15.2 Å². The molecule has 4 heteroatoms. The van der Waals surface area contributed by atoms with Gasteiger partial charge >= 0.3 is 0 Å². The molecular weight excluding hydrogens is 266 g/mol. The molecule has 0 aliphatic heterocycles. The van der Waals surface area contributed by atoms with E-state index < -0.39 is 0 Å². The van der Waals surface area contributed by atoms with Gasteiger partial charge in [-0.25, -0.2) is 0 Å². The van der Waals surface area contributed by atoms with Crippen molar-refractivity contribution >= 4 is 5.91 Å². The van der Waals surface area contributed by atoms with Gasteiger partial charge in [-0.05, 0) is 57.1 Å². The zero-order valence-electron chi connectivity index (χ0n) is 12.9. The minimum Gasteiger partial charge on any atom is -0.484 e. The summed E-state index contributed by atoms with van der Waals surface area (Å²) in [6.07, 6.45) is 3.52. The van der Waals surface area contributed by atoms with Crippen molar-refractivity contribution < 1.29 is 14.6 Å². The van der Waals surface area contributed by atoms with E-state index in [9.17, 15) is 9.90 Å². The maximum atomic E-state index is 11.8. The molecule has 0 heterocycles. The van der Waals surface area contributed by atoms with Gasteiger partial charge in [-0.3, -0.25) is 4.79 Å². The Morgan fingerprint density at radius 2 is 2.00 bits per heavy atom. The summed E-state index contributed by atoms with van der Waals surface area (Å²) in [5.74, 6) is 1.16. The predicted molar refractivity (Wildman–Crippen MR) is 82.4 cm³/mol. The first-order valence-corrected chi connectivity index (χ1v) is 7.69. The SMILES string of the molecule is Cc1ccc(OCC(=O)NCC2CCC(O)CC2)c(C)c1. The maximum absolute atomic E-state index is 11.8. The van der Waals surface area contributed by atoms with E-state index in [0.717, 1.165) is 37.0 Å². The van der Waals surface area contributed by atoms with Crippen LogP contribution in [0.2, 0.25) is 0 Å². The van der Waals surface area contributed by atoms with Gasteiger partial charge in [0.05, 0.1) is 6.10 Å². The number of rotatable bonds is 5. The van der Waals surface area contributed by atoms with Crippen molar-refractivity contribution in [1.29, 1.82) is 0 Å². The van der Waals surface area contributed by atoms with E-state index in [1.165, 1.54) is 5.56 Å². The van der Waals surface area contributed by atoms with Crippen LogP contribution in [0.3, 0.4) is 0 Å². The fourth-order valence-electron chi connectivity index (χ4n) is 2.76. The second-order valence-corrected chi connectivity index (χ2v) is 6.04. The third-order valence-electron chi connectivity index (χ3n) is 4.09. The van der Waals surface area contributed by atoms with Crippen LogP contribution in [-0.4, -0.2) is 30.3 Å². The number of carbonyl (C=O) groups excluding carboxylic acids is 1. The highest BCUT2D eigenvalue weighted by Gasteiger charge is 2.19. The molecule has 1 amide bonds. The van der Waals surface area contributed by atoms with Crippen LogP contribution in [0.5, 0.6) is 5.75 Å². The number of nitrogens with one attached hydrogen (secondary N) is 1. The summed E-state index contributed by atoms with van der Waals surface area (Å²) in [7, 11) is 0. The molecule has 21 heavy (non-hydrogen) atoms. The zero-order valence-corrected chi connectivity index (χ0v) is 12.9. The minimum atomic E-state index is -0.148. The second-order valence-electron chi connectivity index (χ2n) is 6.04. The van der Waals surface area contributed by atoms with E-state index in [1.807, 2.05) is 32.0 Å². The lowest BCUT2D eigenvalue weighted by Gasteiger charge is -2.25. The van der Waals surface area contributed by atoms with Crippen molar-refractivity contribution in [2.24, 2.45) is 5.92 Å². The molecule has 4 nitrogen and oxygen atoms in total. The topological polar surface area (TPSA) is 58.6 Å². The molecule has 1 aliphatic rings. The highest BCUT2D eigenvalue weighted by molar-refractivity contribution is 5.77. The number of aryl methyl sites for hydroxylation is 2. The first kappa shape index (κ1) is 15.8. The molecule has 0 unspecified atom stereocenters. The third-order valence-corrected chi connectivity index (χ3v) is 4.09. The van der Waals surface area contributed by atoms with Gasteiger partial charge in [0, 0.05) is 6.54 Å². The van der Waals surface area contributed by atoms with Crippen LogP contribution in [-0.2, 0) is 4.79 Å². The van der Waals surface area contributed by atoms with Crippen LogP contribution in [0.25, 0.3) is 0 Å². The molecule has 0 spiro atoms. The number of aliphatic hydroxyl groups excluding tert-OH is 1. The van der Waals surface area contributed by atoms with Crippen molar-refractivity contribution in [3.63, 3.8) is 0 Å². The molecule has 2 rings (SSSR count). The highest BCUT2D eigenvalue weighted by atomic mass is 16.5. The van der Waals surface area contributed by atoms with Crippen molar-refractivity contribution in [3.8, 4) is 5.75 Å². The first-order valence-electron chi connectivity index (χ1n) is 7.69. The van der Waals surface area contributed by atoms with E-state index >= 15 is 0 Å². The molecular formula is C17H25NO3. The summed E-state index contributed by atoms with van der Waals surface area (Å²) in [5, 5.41) is 12.4. The summed E-state index contributed by atoms with van der Waals surface area (Å²) in [6.45, 7) is 4.75. The quantitative estimate of drug-likeness (QED) is 0.875. The zero-order chi connectivity index (χ0) is 15.2. The van der Waals surface area contributed by atoms with Crippen LogP contribution >= 0.6 is 0 Å². The smallest absolute Gasteiger partial charge is 0.257 e. The number of benzene rings is 1. The Kier molecular flexibility index (Phi) is 5.62. The van der Waals surface area contributed by atoms with Gasteiger partial charge in [0.15, 0.2) is 6.61 Å². The predicted octanol–water partition coefficient (Wildman–Crippen LogP) is 2.35. The van der Waals surface area contributed by atoms with Crippen LogP contribution in [0, 0.1) is 19.8 Å². The number of hydrogen-bond acceptors (Lipinski definition) is 3. The molecule has 1 saturated carbocycles. The lowest BCUT2D eigenvalue weighted by Crippen LogP contribution is -2.35. The fraction of sp³-hybridized carbons (Fsp3) is 0.588. The fourth-order valence-corrected chi connectivity index (χ4v) is 2.76. The second kappa shape index (κ2) is 7.46. The molecule has 0 bridgehead atoms. The number of aliphatic hydroxyl groups is 1. The van der Waals surface area contributed by atoms with Gasteiger partial charge in [-0.1, -0.05) is 17.7 Å². The number of amides is 1. The minimum absolute atomic E-state index is 0.0548. The van der Waals surface area contributed by atoms with Crippen LogP contribution < -0.4 is 10.1 Å². The van der Waals surface area contributed by atoms with E-state index in [2.05, 4.69) is 5.32 Å². The Morgan fingerprint density at radius 3 is 2.67 bits per heavy atom. The summed E-state index contributed by atoms with van der Waals surface area (Å²) >= 11 is 0. The van der Waals surface area contributed by atoms with Gasteiger partial charge in [-0.15, -0.1) is 0 Å². The van der Waals surface area contributed by atoms with Crippen molar-refractivity contribution in [3.05, 3.63) is 29.3 Å². The maximum Gasteiger partial charge on any atom is 0.257 e. The number of ether oxygens (including phenoxy) is 1. The molecule has 1 fully saturated rings. The lowest BCUT2D eigenvalue weighted by atomic mass is 9.87. The molecule has 0 radical (unpaired) electrons. The lowest BCUT2D eigenvalue weighted by molar-refractivity contribution is -0.123. The molecule has 1 aromatic carbocycles. The Balaban J connectivity index is 1.70. The number of carbonyl (C=O) groups is 1. The third kappa shape index (κ3) is 5.05. The number of hydrogen-bond donors (Lipinski definition) is 2. The molecule has 0 atom stereocenters. The van der Waals surface area contributed by atoms with E-state index in [-0.39, 0.29) is 18.6 Å². The standard InChI is InChI=1S/C17H25NO3/c1-12-3-8-16(13(2)9-12)21-11-17(20)18-10-14-4-6-15(19)7-5-14/h3,8-9,14-15,19H,4-7,10-11H2,1-2H3,(H,18,20). The van der Waals surface area contributed by atoms with Gasteiger partial charge in [0.2, 0.25) is 0 Å². The summed E-state index contributed by atoms with van der Waals surface area (Å²) in [5.41, 5.74) is 2.23. The van der Waals surface area contributed by atoms with E-state index in [0.29, 0.717) is 12.5 Å². The Hall–Kier alpha value is -1.55. The van der Waals surface area contributed by atoms with Crippen molar-refractivity contribution in [2.45, 2.75) is 45.6 Å². The summed E-state index contributed by atoms with van der Waals surface area (Å²) < 4.78 is 5.56. The Labute approximate surface area is 126 Å². The monoisotopic (exact) mass is 291 g/mol. The van der Waals surface area contributed by atoms with E-state index in [4.69, 9.17) is 4.74 Å². The van der Waals surface area contributed by atoms with Crippen LogP contribution in [0.4, 0.5) is 0 Å². The molecule has 0 saturated heterocycles. The first-order chi connectivity index (χ1) is 10.0. The van der Waals surface area contributed by atoms with Crippen LogP contribution in [0.1, 0.15) is 36.8 Å². The molecule has 1 aliphatic carbocycles. The highest BCUT2D eigenvalue weighted by Crippen LogP contribution is 2.23. The molecule has 1 aromatic rings. The summed E-state index contributed by atoms with van der Waals surface area (Å²) in [4.78, 5) is 11.8. The largest absolute Gasteiger partial charge is 0.484 e. The van der Waals surface area contributed by atoms with Gasteiger partial charge in [-0.2, -0.15) is 0 Å². The molecule has 2 N–H and O–H groups in total. The molecule has 116 valence electrons. The average molecular weight is 291 g/mol. The average Bonchev–Trinajstić information content (AvgIpc) is 2.46. The normalized spacial score (nSPS) is 21.9. The van der Waals surface area contributed by atoms with Crippen molar-refractivity contribution in [1.82, 2.24) is 5.32 Å². The van der Waals surface area contributed by atoms with Crippen LogP contribution in [0.15, 0.2) is 18.2 Å². The molecule has 0 aromatic heterocycles. The van der Waals surface area contributed by atoms with E-state index in [1.54, 1.807) is 0 Å². The summed E-state index contributed by atoms with van der Waals surface area (Å²) in [6, 6.07) is 5.93. The Bertz CT molecular complexity index is 479. The van der Waals surface area contributed by atoms with Crippen molar-refractivity contribution in [2.75, 3.05) is 13.2 Å². The Morgan fingerprint density at radius 1 is 1.29 bits per heavy atom. The van der Waals surface area contributed by atoms with Gasteiger partial charge in [0.25, 0.3) is 5.91 Å².